The van der Waals surface area contributed by atoms with Gasteiger partial charge in [0.15, 0.2) is 17.5 Å². The number of phenolic OH excluding ortho intramolecular Hbond substituents is 1. The van der Waals surface area contributed by atoms with Crippen molar-refractivity contribution in [1.29, 1.82) is 0 Å². The fourth-order valence-corrected chi connectivity index (χ4v) is 3.71. The van der Waals surface area contributed by atoms with Gasteiger partial charge >= 0.3 is 0 Å². The van der Waals surface area contributed by atoms with Crippen molar-refractivity contribution in [3.63, 3.8) is 0 Å². The minimum atomic E-state index is 0. The average Bonchev–Trinajstić information content (AvgIpc) is 3.21. The number of para-hydroxylation sites is 1. The van der Waals surface area contributed by atoms with Gasteiger partial charge in [-0.3, -0.25) is 0 Å². The molecule has 0 amide bonds. The van der Waals surface area contributed by atoms with Crippen LogP contribution < -0.4 is 25.0 Å². The van der Waals surface area contributed by atoms with Gasteiger partial charge in [0, 0.05) is 36.3 Å². The van der Waals surface area contributed by atoms with E-state index in [-0.39, 0.29) is 35.8 Å². The Bertz CT molecular complexity index is 897. The third-order valence-electron chi connectivity index (χ3n) is 5.06. The number of phenols is 1. The number of nitrogens with one attached hydrogen (secondary N) is 2. The molecule has 0 spiro atoms. The second-order valence-corrected chi connectivity index (χ2v) is 7.49. The molecule has 7 nitrogen and oxygen atoms in total. The summed E-state index contributed by atoms with van der Waals surface area (Å²) in [6.07, 6.45) is 0.963. The fourth-order valence-electron chi connectivity index (χ4n) is 3.54. The fraction of sp³-hybridized carbons (Fsp3) is 0.409. The van der Waals surface area contributed by atoms with Crippen LogP contribution >= 0.6 is 35.6 Å². The van der Waals surface area contributed by atoms with E-state index in [9.17, 15) is 5.11 Å². The summed E-state index contributed by atoms with van der Waals surface area (Å²) < 4.78 is 10.7. The Morgan fingerprint density at radius 1 is 1.23 bits per heavy atom. The molecule has 1 unspecified atom stereocenters. The summed E-state index contributed by atoms with van der Waals surface area (Å²) in [5.74, 6) is 2.10. The molecule has 1 aliphatic rings. The first-order chi connectivity index (χ1) is 14.5. The van der Waals surface area contributed by atoms with Crippen LogP contribution in [0.4, 0.5) is 5.69 Å². The van der Waals surface area contributed by atoms with E-state index in [1.54, 1.807) is 13.2 Å². The van der Waals surface area contributed by atoms with E-state index < -0.39 is 0 Å². The molecule has 2 aromatic rings. The molecular formula is C22H30ClIN4O3. The van der Waals surface area contributed by atoms with Crippen molar-refractivity contribution >= 4 is 47.2 Å². The number of aromatic hydroxyl groups is 1. The number of hydrogen-bond acceptors (Lipinski definition) is 5. The zero-order valence-electron chi connectivity index (χ0n) is 18.0. The monoisotopic (exact) mass is 560 g/mol. The van der Waals surface area contributed by atoms with Crippen LogP contribution in [0.25, 0.3) is 0 Å². The number of methoxy groups -OCH3 is 2. The second-order valence-electron chi connectivity index (χ2n) is 7.06. The molecule has 0 aromatic heterocycles. The Morgan fingerprint density at radius 2 is 2.00 bits per heavy atom. The van der Waals surface area contributed by atoms with Crippen molar-refractivity contribution in [3.05, 3.63) is 47.0 Å². The standard InChI is InChI=1S/C22H29ClN4O3.HI/c1-4-24-22(25-13-15-6-5-7-20(30-3)21(15)28)26-17-10-11-27(14-17)18-12-16(23)8-9-19(18)29-2;/h5-9,12,17,28H,4,10-11,13-14H2,1-3H3,(H2,24,25,26);1H. The number of rotatable bonds is 7. The topological polar surface area (TPSA) is 78.4 Å². The van der Waals surface area contributed by atoms with Crippen LogP contribution in [-0.4, -0.2) is 51.0 Å². The quantitative estimate of drug-likeness (QED) is 0.270. The first-order valence-corrected chi connectivity index (χ1v) is 10.4. The molecule has 9 heteroatoms. The molecule has 3 rings (SSSR count). The van der Waals surface area contributed by atoms with Gasteiger partial charge in [0.2, 0.25) is 0 Å². The van der Waals surface area contributed by atoms with Gasteiger partial charge in [0.1, 0.15) is 5.75 Å². The zero-order valence-corrected chi connectivity index (χ0v) is 21.1. The maximum Gasteiger partial charge on any atom is 0.191 e. The first-order valence-electron chi connectivity index (χ1n) is 10.0. The lowest BCUT2D eigenvalue weighted by atomic mass is 10.2. The van der Waals surface area contributed by atoms with Gasteiger partial charge in [-0.2, -0.15) is 0 Å². The van der Waals surface area contributed by atoms with Gasteiger partial charge in [0.05, 0.1) is 26.5 Å². The van der Waals surface area contributed by atoms with Crippen LogP contribution in [0.15, 0.2) is 41.4 Å². The van der Waals surface area contributed by atoms with Gasteiger partial charge in [-0.25, -0.2) is 4.99 Å². The molecular weight excluding hydrogens is 531 g/mol. The maximum absolute atomic E-state index is 10.3. The summed E-state index contributed by atoms with van der Waals surface area (Å²) in [7, 11) is 3.21. The SMILES string of the molecule is CCNC(=NCc1cccc(OC)c1O)NC1CCN(c2cc(Cl)ccc2OC)C1.I. The number of hydrogen-bond donors (Lipinski definition) is 3. The second kappa shape index (κ2) is 12.1. The summed E-state index contributed by atoms with van der Waals surface area (Å²) in [5, 5.41) is 17.7. The van der Waals surface area contributed by atoms with E-state index in [2.05, 4.69) is 20.5 Å². The highest BCUT2D eigenvalue weighted by molar-refractivity contribution is 14.0. The number of halogens is 2. The third-order valence-corrected chi connectivity index (χ3v) is 5.30. The van der Waals surface area contributed by atoms with Gasteiger partial charge in [-0.05, 0) is 37.6 Å². The molecule has 2 aromatic carbocycles. The largest absolute Gasteiger partial charge is 0.504 e. The molecule has 0 bridgehead atoms. The number of nitrogens with zero attached hydrogens (tertiary/aromatic N) is 2. The van der Waals surface area contributed by atoms with Crippen LogP contribution in [0.3, 0.4) is 0 Å². The minimum Gasteiger partial charge on any atom is -0.504 e. The van der Waals surface area contributed by atoms with E-state index in [0.29, 0.717) is 28.8 Å². The van der Waals surface area contributed by atoms with Crippen molar-refractivity contribution in [2.45, 2.75) is 25.9 Å². The molecule has 1 saturated heterocycles. The summed E-state index contributed by atoms with van der Waals surface area (Å²) in [6, 6.07) is 11.3. The number of aliphatic imine (C=N–C) groups is 1. The van der Waals surface area contributed by atoms with Crippen molar-refractivity contribution in [1.82, 2.24) is 10.6 Å². The molecule has 1 heterocycles. The van der Waals surface area contributed by atoms with Crippen LogP contribution in [0.1, 0.15) is 18.9 Å². The Morgan fingerprint density at radius 3 is 2.71 bits per heavy atom. The first kappa shape index (κ1) is 25.2. The molecule has 170 valence electrons. The lowest BCUT2D eigenvalue weighted by Crippen LogP contribution is -2.44. The van der Waals surface area contributed by atoms with Gasteiger partial charge in [-0.1, -0.05) is 23.7 Å². The van der Waals surface area contributed by atoms with Crippen molar-refractivity contribution in [2.24, 2.45) is 4.99 Å². The molecule has 31 heavy (non-hydrogen) atoms. The van der Waals surface area contributed by atoms with Crippen LogP contribution in [0.5, 0.6) is 17.2 Å². The van der Waals surface area contributed by atoms with Crippen LogP contribution in [-0.2, 0) is 6.54 Å². The summed E-state index contributed by atoms with van der Waals surface area (Å²) in [6.45, 7) is 4.82. The van der Waals surface area contributed by atoms with E-state index in [1.807, 2.05) is 37.3 Å². The minimum absolute atomic E-state index is 0. The predicted molar refractivity (Wildman–Crippen MR) is 137 cm³/mol. The van der Waals surface area contributed by atoms with Crippen molar-refractivity contribution < 1.29 is 14.6 Å². The van der Waals surface area contributed by atoms with Crippen molar-refractivity contribution in [3.8, 4) is 17.2 Å². The lowest BCUT2D eigenvalue weighted by Gasteiger charge is -2.22. The highest BCUT2D eigenvalue weighted by Crippen LogP contribution is 2.33. The number of benzene rings is 2. The third kappa shape index (κ3) is 6.46. The van der Waals surface area contributed by atoms with Crippen LogP contribution in [0.2, 0.25) is 5.02 Å². The van der Waals surface area contributed by atoms with Crippen molar-refractivity contribution in [2.75, 3.05) is 38.8 Å². The molecule has 0 aliphatic carbocycles. The van der Waals surface area contributed by atoms with Crippen LogP contribution in [0, 0.1) is 0 Å². The molecule has 0 radical (unpaired) electrons. The highest BCUT2D eigenvalue weighted by atomic mass is 127. The van der Waals surface area contributed by atoms with Gasteiger partial charge in [0.25, 0.3) is 0 Å². The van der Waals surface area contributed by atoms with E-state index in [0.717, 1.165) is 37.5 Å². The Hall–Kier alpha value is -2.07. The molecule has 1 atom stereocenters. The Labute approximate surface area is 205 Å². The predicted octanol–water partition coefficient (Wildman–Crippen LogP) is 4.01. The number of anilines is 1. The summed E-state index contributed by atoms with van der Waals surface area (Å²) >= 11 is 6.19. The normalized spacial score (nSPS) is 15.9. The Kier molecular flexibility index (Phi) is 9.83. The average molecular weight is 561 g/mol. The van der Waals surface area contributed by atoms with Gasteiger partial charge in [-0.15, -0.1) is 24.0 Å². The Balaban J connectivity index is 0.00000341. The summed E-state index contributed by atoms with van der Waals surface area (Å²) in [5.41, 5.74) is 1.71. The zero-order chi connectivity index (χ0) is 21.5. The summed E-state index contributed by atoms with van der Waals surface area (Å²) in [4.78, 5) is 6.91. The molecule has 1 aliphatic heterocycles. The highest BCUT2D eigenvalue weighted by Gasteiger charge is 2.25. The van der Waals surface area contributed by atoms with Gasteiger partial charge < -0.3 is 30.1 Å². The van der Waals surface area contributed by atoms with E-state index >= 15 is 0 Å². The smallest absolute Gasteiger partial charge is 0.191 e. The number of ether oxygens (including phenoxy) is 2. The van der Waals surface area contributed by atoms with E-state index in [1.165, 1.54) is 7.11 Å². The van der Waals surface area contributed by atoms with E-state index in [4.69, 9.17) is 21.1 Å². The molecule has 0 saturated carbocycles. The molecule has 1 fully saturated rings. The lowest BCUT2D eigenvalue weighted by molar-refractivity contribution is 0.370. The number of guanidine groups is 1. The molecule has 3 N–H and O–H groups in total. The maximum atomic E-state index is 10.3.